The number of nitrogens with zero attached hydrogens (tertiary/aromatic N) is 5. The largest absolute Gasteiger partial charge is 0.302 e. The lowest BCUT2D eigenvalue weighted by atomic mass is 10.0. The molecule has 1 saturated heterocycles. The molecule has 1 fully saturated rings. The van der Waals surface area contributed by atoms with Crippen LogP contribution in [0, 0.1) is 0 Å². The van der Waals surface area contributed by atoms with Gasteiger partial charge in [-0.25, -0.2) is 9.97 Å². The van der Waals surface area contributed by atoms with Gasteiger partial charge in [0, 0.05) is 61.8 Å². The highest BCUT2D eigenvalue weighted by Crippen LogP contribution is 2.23. The molecule has 1 aliphatic rings. The van der Waals surface area contributed by atoms with Gasteiger partial charge in [0.25, 0.3) is 0 Å². The zero-order valence-corrected chi connectivity index (χ0v) is 22.1. The van der Waals surface area contributed by atoms with E-state index in [1.165, 1.54) is 17.5 Å². The van der Waals surface area contributed by atoms with Crippen LogP contribution in [0.25, 0.3) is 22.6 Å². The van der Waals surface area contributed by atoms with Gasteiger partial charge in [-0.1, -0.05) is 68.4 Å². The number of rotatable bonds is 8. The molecule has 5 heteroatoms. The van der Waals surface area contributed by atoms with Crippen LogP contribution in [-0.2, 0) is 13.0 Å². The molecule has 3 heterocycles. The molecular formula is C32H37N5. The smallest absolute Gasteiger partial charge is 0.160 e. The van der Waals surface area contributed by atoms with E-state index in [1.54, 1.807) is 12.4 Å². The predicted molar refractivity (Wildman–Crippen MR) is 151 cm³/mol. The van der Waals surface area contributed by atoms with Gasteiger partial charge in [0.2, 0.25) is 0 Å². The third-order valence-corrected chi connectivity index (χ3v) is 7.21. The third kappa shape index (κ3) is 6.88. The normalized spacial score (nSPS) is 15.1. The van der Waals surface area contributed by atoms with Gasteiger partial charge in [-0.05, 0) is 54.8 Å². The molecular weight excluding hydrogens is 454 g/mol. The van der Waals surface area contributed by atoms with Gasteiger partial charge in [-0.15, -0.1) is 0 Å². The molecule has 2 aromatic carbocycles. The molecule has 5 rings (SSSR count). The molecule has 0 amide bonds. The fourth-order valence-electron chi connectivity index (χ4n) is 4.96. The van der Waals surface area contributed by atoms with Crippen LogP contribution in [0.3, 0.4) is 0 Å². The summed E-state index contributed by atoms with van der Waals surface area (Å²) >= 11 is 0. The highest BCUT2D eigenvalue weighted by atomic mass is 15.2. The number of aromatic nitrogens is 3. The SMILES string of the molecule is CC(C)c1ccc(CN2CCCN(CCc3cc(-c4ccccc4)nc(-c4ccncc4)n3)CC2)cc1. The van der Waals surface area contributed by atoms with E-state index in [2.05, 4.69) is 83.2 Å². The maximum Gasteiger partial charge on any atom is 0.160 e. The fraction of sp³-hybridized carbons (Fsp3) is 0.344. The Kier molecular flexibility index (Phi) is 8.34. The van der Waals surface area contributed by atoms with Crippen LogP contribution >= 0.6 is 0 Å². The summed E-state index contributed by atoms with van der Waals surface area (Å²) in [7, 11) is 0. The molecule has 0 atom stereocenters. The molecule has 2 aromatic heterocycles. The van der Waals surface area contributed by atoms with Crippen LogP contribution in [0.2, 0.25) is 0 Å². The summed E-state index contributed by atoms with van der Waals surface area (Å²) in [5, 5.41) is 0. The zero-order chi connectivity index (χ0) is 25.5. The molecule has 4 aromatic rings. The standard InChI is InChI=1S/C32H37N5/c1-25(2)27-11-9-26(10-12-27)24-37-19-6-18-36(21-22-37)20-15-30-23-31(28-7-4-3-5-8-28)35-32(34-30)29-13-16-33-17-14-29/h3-5,7-14,16-17,23,25H,6,15,18-22,24H2,1-2H3. The van der Waals surface area contributed by atoms with Gasteiger partial charge in [0.1, 0.15) is 0 Å². The molecule has 0 unspecified atom stereocenters. The maximum atomic E-state index is 4.95. The van der Waals surface area contributed by atoms with Crippen LogP contribution in [0.5, 0.6) is 0 Å². The minimum atomic E-state index is 0.584. The predicted octanol–water partition coefficient (Wildman–Crippen LogP) is 6.08. The highest BCUT2D eigenvalue weighted by molar-refractivity contribution is 5.63. The molecule has 1 aliphatic heterocycles. The molecule has 5 nitrogen and oxygen atoms in total. The highest BCUT2D eigenvalue weighted by Gasteiger charge is 2.16. The maximum absolute atomic E-state index is 4.95. The van der Waals surface area contributed by atoms with Crippen molar-refractivity contribution < 1.29 is 0 Å². The van der Waals surface area contributed by atoms with E-state index in [9.17, 15) is 0 Å². The van der Waals surface area contributed by atoms with Crippen LogP contribution < -0.4 is 0 Å². The van der Waals surface area contributed by atoms with Gasteiger partial charge in [-0.2, -0.15) is 0 Å². The first-order valence-corrected chi connectivity index (χ1v) is 13.5. The van der Waals surface area contributed by atoms with Crippen molar-refractivity contribution >= 4 is 0 Å². The Bertz CT molecular complexity index is 1200. The van der Waals surface area contributed by atoms with Crippen molar-refractivity contribution in [3.05, 3.63) is 102 Å². The Morgan fingerprint density at radius 1 is 0.757 bits per heavy atom. The first-order chi connectivity index (χ1) is 18.1. The van der Waals surface area contributed by atoms with Gasteiger partial charge < -0.3 is 4.90 Å². The molecule has 0 N–H and O–H groups in total. The Hall–Kier alpha value is -3.41. The van der Waals surface area contributed by atoms with Crippen molar-refractivity contribution in [3.63, 3.8) is 0 Å². The summed E-state index contributed by atoms with van der Waals surface area (Å²) in [6.07, 6.45) is 5.72. The van der Waals surface area contributed by atoms with Gasteiger partial charge in [0.05, 0.1) is 5.69 Å². The summed E-state index contributed by atoms with van der Waals surface area (Å²) in [6.45, 7) is 11.0. The Morgan fingerprint density at radius 3 is 2.24 bits per heavy atom. The van der Waals surface area contributed by atoms with Crippen molar-refractivity contribution in [1.29, 1.82) is 0 Å². The van der Waals surface area contributed by atoms with E-state index in [1.807, 2.05) is 18.2 Å². The van der Waals surface area contributed by atoms with Crippen LogP contribution in [0.1, 0.15) is 43.0 Å². The van der Waals surface area contributed by atoms with Gasteiger partial charge in [-0.3, -0.25) is 9.88 Å². The van der Waals surface area contributed by atoms with E-state index in [-0.39, 0.29) is 0 Å². The molecule has 0 spiro atoms. The van der Waals surface area contributed by atoms with Gasteiger partial charge >= 0.3 is 0 Å². The van der Waals surface area contributed by atoms with Crippen molar-refractivity contribution in [2.45, 2.75) is 39.2 Å². The number of hydrogen-bond acceptors (Lipinski definition) is 5. The average Bonchev–Trinajstić information content (AvgIpc) is 3.18. The van der Waals surface area contributed by atoms with Crippen molar-refractivity contribution in [2.24, 2.45) is 0 Å². The summed E-state index contributed by atoms with van der Waals surface area (Å²) in [6, 6.07) is 25.7. The van der Waals surface area contributed by atoms with E-state index in [4.69, 9.17) is 9.97 Å². The summed E-state index contributed by atoms with van der Waals surface area (Å²) in [5.41, 5.74) is 7.01. The van der Waals surface area contributed by atoms with E-state index >= 15 is 0 Å². The zero-order valence-electron chi connectivity index (χ0n) is 22.1. The first kappa shape index (κ1) is 25.2. The lowest BCUT2D eigenvalue weighted by Crippen LogP contribution is -2.32. The molecule has 37 heavy (non-hydrogen) atoms. The summed E-state index contributed by atoms with van der Waals surface area (Å²) < 4.78 is 0. The second kappa shape index (κ2) is 12.2. The van der Waals surface area contributed by atoms with E-state index in [0.717, 1.165) is 74.0 Å². The molecule has 0 bridgehead atoms. The first-order valence-electron chi connectivity index (χ1n) is 13.5. The molecule has 0 aliphatic carbocycles. The second-order valence-corrected chi connectivity index (χ2v) is 10.3. The Balaban J connectivity index is 1.23. The quantitative estimate of drug-likeness (QED) is 0.299. The van der Waals surface area contributed by atoms with Gasteiger partial charge in [0.15, 0.2) is 5.82 Å². The molecule has 190 valence electrons. The van der Waals surface area contributed by atoms with Crippen molar-refractivity contribution in [1.82, 2.24) is 24.8 Å². The molecule has 0 radical (unpaired) electrons. The van der Waals surface area contributed by atoms with E-state index in [0.29, 0.717) is 5.92 Å². The number of benzene rings is 2. The van der Waals surface area contributed by atoms with E-state index < -0.39 is 0 Å². The number of pyridine rings is 1. The fourth-order valence-corrected chi connectivity index (χ4v) is 4.96. The third-order valence-electron chi connectivity index (χ3n) is 7.21. The van der Waals surface area contributed by atoms with Crippen molar-refractivity contribution in [3.8, 4) is 22.6 Å². The minimum absolute atomic E-state index is 0.584. The summed E-state index contributed by atoms with van der Waals surface area (Å²) in [4.78, 5) is 19.2. The van der Waals surface area contributed by atoms with Crippen LogP contribution in [0.4, 0.5) is 0 Å². The monoisotopic (exact) mass is 491 g/mol. The van der Waals surface area contributed by atoms with Crippen molar-refractivity contribution in [2.75, 3.05) is 32.7 Å². The minimum Gasteiger partial charge on any atom is -0.302 e. The Labute approximate surface area is 221 Å². The summed E-state index contributed by atoms with van der Waals surface area (Å²) in [5.74, 6) is 1.35. The number of hydrogen-bond donors (Lipinski definition) is 0. The molecule has 0 saturated carbocycles. The Morgan fingerprint density at radius 2 is 1.49 bits per heavy atom. The lowest BCUT2D eigenvalue weighted by molar-refractivity contribution is 0.252. The average molecular weight is 492 g/mol. The van der Waals surface area contributed by atoms with Crippen LogP contribution in [-0.4, -0.2) is 57.5 Å². The topological polar surface area (TPSA) is 45.2 Å². The lowest BCUT2D eigenvalue weighted by Gasteiger charge is -2.22. The second-order valence-electron chi connectivity index (χ2n) is 10.3. The van der Waals surface area contributed by atoms with Crippen LogP contribution in [0.15, 0.2) is 85.2 Å².